The molecule has 4 rings (SSSR count). The second kappa shape index (κ2) is 7.75. The van der Waals surface area contributed by atoms with E-state index in [1.807, 2.05) is 29.7 Å². The summed E-state index contributed by atoms with van der Waals surface area (Å²) in [5, 5.41) is 0. The Bertz CT molecular complexity index is 1290. The largest absolute Gasteiger partial charge is 0.300 e. The number of Topliss-reactive ketones (excluding diaryl/α,β-unsaturated/α-hetero) is 1. The van der Waals surface area contributed by atoms with E-state index >= 15 is 0 Å². The Kier molecular flexibility index (Phi) is 5.24. The summed E-state index contributed by atoms with van der Waals surface area (Å²) in [6.07, 6.45) is 1.65. The molecule has 4 nitrogen and oxygen atoms in total. The number of aromatic nitrogens is 2. The number of hydrogen-bond donors (Lipinski definition) is 0. The van der Waals surface area contributed by atoms with Crippen LogP contribution in [-0.4, -0.2) is 29.1 Å². The van der Waals surface area contributed by atoms with Crippen molar-refractivity contribution in [1.82, 2.24) is 9.55 Å². The first kappa shape index (κ1) is 20.9. The van der Waals surface area contributed by atoms with E-state index in [9.17, 15) is 9.18 Å². The van der Waals surface area contributed by atoms with Crippen LogP contribution in [0.25, 0.3) is 5.69 Å². The van der Waals surface area contributed by atoms with Crippen LogP contribution in [0.15, 0.2) is 53.8 Å². The van der Waals surface area contributed by atoms with Gasteiger partial charge in [0.05, 0.1) is 23.1 Å². The van der Waals surface area contributed by atoms with E-state index in [2.05, 4.69) is 36.1 Å². The third-order valence-electron chi connectivity index (χ3n) is 5.08. The second-order valence-corrected chi connectivity index (χ2v) is 13.5. The molecule has 156 valence electrons. The van der Waals surface area contributed by atoms with Crippen molar-refractivity contribution in [3.63, 3.8) is 0 Å². The maximum Gasteiger partial charge on any atom is 0.180 e. The number of carbonyl (C=O) groups is 1. The fraction of sp³-hybridized carbons (Fsp3) is 0.240. The first-order valence-electron chi connectivity index (χ1n) is 10.2. The van der Waals surface area contributed by atoms with Gasteiger partial charge in [-0.05, 0) is 37.3 Å². The van der Waals surface area contributed by atoms with Crippen molar-refractivity contribution in [2.24, 2.45) is 4.99 Å². The van der Waals surface area contributed by atoms with E-state index in [0.717, 1.165) is 16.8 Å². The minimum absolute atomic E-state index is 0.121. The molecular formula is C25H24FN3OSi. The van der Waals surface area contributed by atoms with E-state index in [-0.39, 0.29) is 17.6 Å². The Morgan fingerprint density at radius 1 is 1.13 bits per heavy atom. The van der Waals surface area contributed by atoms with Crippen molar-refractivity contribution in [2.45, 2.75) is 39.5 Å². The summed E-state index contributed by atoms with van der Waals surface area (Å²) in [5.41, 5.74) is 7.89. The van der Waals surface area contributed by atoms with Gasteiger partial charge in [0.1, 0.15) is 25.9 Å². The molecule has 31 heavy (non-hydrogen) atoms. The maximum absolute atomic E-state index is 14.8. The van der Waals surface area contributed by atoms with Crippen LogP contribution in [0.1, 0.15) is 52.8 Å². The third kappa shape index (κ3) is 4.01. The Morgan fingerprint density at radius 3 is 2.55 bits per heavy atom. The van der Waals surface area contributed by atoms with Crippen LogP contribution in [0.3, 0.4) is 0 Å². The van der Waals surface area contributed by atoms with Crippen LogP contribution in [0.2, 0.25) is 19.6 Å². The van der Waals surface area contributed by atoms with Crippen LogP contribution < -0.4 is 0 Å². The summed E-state index contributed by atoms with van der Waals surface area (Å²) in [7, 11) is -1.56. The first-order chi connectivity index (χ1) is 14.7. The number of rotatable bonds is 2. The van der Waals surface area contributed by atoms with Crippen LogP contribution >= 0.6 is 0 Å². The zero-order valence-electron chi connectivity index (χ0n) is 18.3. The molecule has 2 aromatic carbocycles. The predicted octanol–water partition coefficient (Wildman–Crippen LogP) is 5.35. The van der Waals surface area contributed by atoms with E-state index in [1.54, 1.807) is 24.5 Å². The molecule has 1 aliphatic rings. The highest BCUT2D eigenvalue weighted by molar-refractivity contribution is 6.83. The second-order valence-electron chi connectivity index (χ2n) is 8.77. The summed E-state index contributed by atoms with van der Waals surface area (Å²) in [6.45, 7) is 9.98. The van der Waals surface area contributed by atoms with Gasteiger partial charge in [-0.25, -0.2) is 9.37 Å². The standard InChI is InChI=1S/C25H24FN3OSi/c1-16-25-23(17(2)30)27-15-29(25)22-11-10-18(12-13-31(3,4)5)14-20(22)24(28-16)19-8-6-7-9-21(19)26/h6-11,14-16H,1-5H3/t16-/m0/s1. The Morgan fingerprint density at radius 2 is 1.87 bits per heavy atom. The van der Waals surface area contributed by atoms with Gasteiger partial charge in [-0.3, -0.25) is 14.4 Å². The van der Waals surface area contributed by atoms with Gasteiger partial charge in [0.25, 0.3) is 0 Å². The lowest BCUT2D eigenvalue weighted by molar-refractivity contribution is 0.101. The van der Waals surface area contributed by atoms with Crippen molar-refractivity contribution >= 4 is 19.6 Å². The summed E-state index contributed by atoms with van der Waals surface area (Å²) in [4.78, 5) is 21.4. The Labute approximate surface area is 182 Å². The molecule has 0 fully saturated rings. The molecular weight excluding hydrogens is 405 g/mol. The molecule has 0 bridgehead atoms. The van der Waals surface area contributed by atoms with Crippen molar-refractivity contribution in [3.8, 4) is 17.2 Å². The predicted molar refractivity (Wildman–Crippen MR) is 124 cm³/mol. The Hall–Kier alpha value is -3.30. The molecule has 0 N–H and O–H groups in total. The number of benzene rings is 2. The van der Waals surface area contributed by atoms with Gasteiger partial charge >= 0.3 is 0 Å². The van der Waals surface area contributed by atoms with Crippen LogP contribution in [0.5, 0.6) is 0 Å². The fourth-order valence-electron chi connectivity index (χ4n) is 3.69. The average Bonchev–Trinajstić information content (AvgIpc) is 3.11. The van der Waals surface area contributed by atoms with E-state index in [0.29, 0.717) is 22.7 Å². The molecule has 0 spiro atoms. The minimum atomic E-state index is -1.56. The number of carbonyl (C=O) groups excluding carboxylic acids is 1. The zero-order chi connectivity index (χ0) is 22.3. The van der Waals surface area contributed by atoms with Gasteiger partial charge in [-0.2, -0.15) is 0 Å². The number of hydrogen-bond acceptors (Lipinski definition) is 3. The number of imidazole rings is 1. The normalized spacial score (nSPS) is 15.2. The van der Waals surface area contributed by atoms with Gasteiger partial charge in [0.15, 0.2) is 5.78 Å². The molecule has 3 aromatic rings. The molecule has 0 saturated heterocycles. The number of halogens is 1. The van der Waals surface area contributed by atoms with Crippen LogP contribution in [0, 0.1) is 17.3 Å². The molecule has 6 heteroatoms. The lowest BCUT2D eigenvalue weighted by Crippen LogP contribution is -2.16. The van der Waals surface area contributed by atoms with Gasteiger partial charge < -0.3 is 0 Å². The molecule has 0 unspecified atom stereocenters. The number of fused-ring (bicyclic) bond motifs is 3. The van der Waals surface area contributed by atoms with E-state index in [1.165, 1.54) is 13.0 Å². The quantitative estimate of drug-likeness (QED) is 0.313. The van der Waals surface area contributed by atoms with Gasteiger partial charge in [-0.1, -0.05) is 37.7 Å². The Balaban J connectivity index is 2.02. The molecule has 0 amide bonds. The molecule has 0 aliphatic carbocycles. The van der Waals surface area contributed by atoms with Gasteiger partial charge in [-0.15, -0.1) is 5.54 Å². The van der Waals surface area contributed by atoms with Crippen LogP contribution in [-0.2, 0) is 0 Å². The molecule has 0 saturated carbocycles. The summed E-state index contributed by atoms with van der Waals surface area (Å²) in [6, 6.07) is 12.1. The van der Waals surface area contributed by atoms with Crippen molar-refractivity contribution < 1.29 is 9.18 Å². The lowest BCUT2D eigenvalue weighted by Gasteiger charge is -2.13. The highest BCUT2D eigenvalue weighted by Gasteiger charge is 2.28. The van der Waals surface area contributed by atoms with Crippen molar-refractivity contribution in [1.29, 1.82) is 0 Å². The highest BCUT2D eigenvalue weighted by atomic mass is 28.3. The first-order valence-corrected chi connectivity index (χ1v) is 13.7. The minimum Gasteiger partial charge on any atom is -0.300 e. The third-order valence-corrected chi connectivity index (χ3v) is 5.95. The fourth-order valence-corrected chi connectivity index (χ4v) is 4.21. The van der Waals surface area contributed by atoms with Gasteiger partial charge in [0, 0.05) is 23.6 Å². The monoisotopic (exact) mass is 429 g/mol. The molecule has 1 aliphatic heterocycles. The maximum atomic E-state index is 14.8. The van der Waals surface area contributed by atoms with E-state index < -0.39 is 8.07 Å². The lowest BCUT2D eigenvalue weighted by atomic mass is 9.98. The van der Waals surface area contributed by atoms with Crippen molar-refractivity contribution in [2.75, 3.05) is 0 Å². The zero-order valence-corrected chi connectivity index (χ0v) is 19.3. The summed E-state index contributed by atoms with van der Waals surface area (Å²) in [5.74, 6) is 2.82. The number of nitrogens with zero attached hydrogens (tertiary/aromatic N) is 3. The topological polar surface area (TPSA) is 47.2 Å². The molecule has 0 radical (unpaired) electrons. The smallest absolute Gasteiger partial charge is 0.180 e. The summed E-state index contributed by atoms with van der Waals surface area (Å²) < 4.78 is 16.7. The molecule has 2 heterocycles. The van der Waals surface area contributed by atoms with Gasteiger partial charge in [0.2, 0.25) is 0 Å². The van der Waals surface area contributed by atoms with E-state index in [4.69, 9.17) is 4.99 Å². The number of ketones is 1. The number of aliphatic imine (C=N–C) groups is 1. The highest BCUT2D eigenvalue weighted by Crippen LogP contribution is 2.33. The average molecular weight is 430 g/mol. The summed E-state index contributed by atoms with van der Waals surface area (Å²) >= 11 is 0. The van der Waals surface area contributed by atoms with Crippen LogP contribution in [0.4, 0.5) is 4.39 Å². The SMILES string of the molecule is CC(=O)c1ncn2c1[C@H](C)N=C(c1ccccc1F)c1cc(C#C[Si](C)(C)C)ccc1-2. The molecule has 1 aromatic heterocycles. The molecule has 1 atom stereocenters. The van der Waals surface area contributed by atoms with Crippen molar-refractivity contribution in [3.05, 3.63) is 82.7 Å².